The average molecular weight is 697 g/mol. The summed E-state index contributed by atoms with van der Waals surface area (Å²) in [7, 11) is -1.33. The lowest BCUT2D eigenvalue weighted by Gasteiger charge is -2.44. The molecule has 2 heterocycles. The minimum Gasteiger partial charge on any atom is -0.508 e. The van der Waals surface area contributed by atoms with Gasteiger partial charge >= 0.3 is 19.5 Å². The number of phenolic OH excluding ortho intramolecular Hbond substituents is 1. The van der Waals surface area contributed by atoms with Crippen LogP contribution in [0.25, 0.3) is 11.6 Å². The molecule has 0 spiro atoms. The highest BCUT2D eigenvalue weighted by Gasteiger charge is 2.58. The maximum atomic E-state index is 14.1. The molecule has 262 valence electrons. The summed E-state index contributed by atoms with van der Waals surface area (Å²) in [5.41, 5.74) is 0.213. The van der Waals surface area contributed by atoms with Crippen molar-refractivity contribution in [3.05, 3.63) is 106 Å². The quantitative estimate of drug-likeness (QED) is 0.0852. The molecule has 0 aromatic heterocycles. The van der Waals surface area contributed by atoms with Crippen LogP contribution in [0.4, 0.5) is 32.0 Å². The molecule has 3 aliphatic rings. The lowest BCUT2D eigenvalue weighted by atomic mass is 9.57. The highest BCUT2D eigenvalue weighted by molar-refractivity contribution is 6.43. The van der Waals surface area contributed by atoms with E-state index in [1.165, 1.54) is 0 Å². The van der Waals surface area contributed by atoms with E-state index in [2.05, 4.69) is 0 Å². The van der Waals surface area contributed by atoms with Crippen molar-refractivity contribution in [1.29, 1.82) is 0 Å². The van der Waals surface area contributed by atoms with Crippen LogP contribution in [0.1, 0.15) is 55.4 Å². The van der Waals surface area contributed by atoms with Crippen LogP contribution in [0.5, 0.6) is 5.75 Å². The first kappa shape index (κ1) is 35.5. The third kappa shape index (κ3) is 6.98. The minimum atomic E-state index is -5.17. The summed E-state index contributed by atoms with van der Waals surface area (Å²) in [5, 5.41) is 20.7. The first-order valence-corrected chi connectivity index (χ1v) is 16.3. The molecule has 2 amide bonds. The number of nitrogens with zero attached hydrogens (tertiary/aromatic N) is 1. The van der Waals surface area contributed by atoms with Gasteiger partial charge in [0.2, 0.25) is 11.8 Å². The highest BCUT2D eigenvalue weighted by Crippen LogP contribution is 2.53. The summed E-state index contributed by atoms with van der Waals surface area (Å²) < 4.78 is 88.4. The van der Waals surface area contributed by atoms with E-state index in [1.807, 2.05) is 50.3 Å². The smallest absolute Gasteiger partial charge is 0.455 e. The van der Waals surface area contributed by atoms with Crippen LogP contribution in [0.15, 0.2) is 83.9 Å². The van der Waals surface area contributed by atoms with E-state index in [4.69, 9.17) is 4.65 Å². The van der Waals surface area contributed by atoms with Gasteiger partial charge in [-0.05, 0) is 90.0 Å². The molecule has 2 fully saturated rings. The van der Waals surface area contributed by atoms with Gasteiger partial charge in [-0.2, -0.15) is 26.3 Å². The van der Waals surface area contributed by atoms with Crippen LogP contribution < -0.4 is 4.90 Å². The van der Waals surface area contributed by atoms with Crippen molar-refractivity contribution in [2.45, 2.75) is 57.9 Å². The standard InChI is InChI=1S/C37H34BF6NO5/c1-20(2)28-18-29-33(35(48)45(34(29)47)26-16-24(36(39,40)41)15-25(17-26)37(42,43)44)30-19-38(49)50-31(32(28)30)13-10-23(22-6-4-3-5-7-22)14-21-8-11-27(46)12-9-21/h3-9,11-12,14-17,20,29-31,33,46,49H,10,13,18-19H2,1-2H3/b23-14-/t29-,30+,31-,33-/m1/s1. The highest BCUT2D eigenvalue weighted by atomic mass is 19.4. The summed E-state index contributed by atoms with van der Waals surface area (Å²) in [5.74, 6) is -4.65. The molecule has 1 aliphatic carbocycles. The Morgan fingerprint density at radius 3 is 2.12 bits per heavy atom. The van der Waals surface area contributed by atoms with Crippen molar-refractivity contribution >= 4 is 36.3 Å². The summed E-state index contributed by atoms with van der Waals surface area (Å²) in [6, 6.07) is 17.0. The molecule has 2 N–H and O–H groups in total. The molecule has 3 aromatic carbocycles. The van der Waals surface area contributed by atoms with Crippen LogP contribution in [-0.2, 0) is 26.6 Å². The van der Waals surface area contributed by atoms with Gasteiger partial charge in [0.05, 0.1) is 34.8 Å². The lowest BCUT2D eigenvalue weighted by molar-refractivity contribution is -0.143. The fourth-order valence-corrected chi connectivity index (χ4v) is 7.58. The summed E-state index contributed by atoms with van der Waals surface area (Å²) in [4.78, 5) is 28.4. The van der Waals surface area contributed by atoms with Crippen LogP contribution in [-0.4, -0.2) is 35.2 Å². The van der Waals surface area contributed by atoms with Gasteiger partial charge in [0.25, 0.3) is 0 Å². The van der Waals surface area contributed by atoms with E-state index in [0.717, 1.165) is 27.8 Å². The predicted molar refractivity (Wildman–Crippen MR) is 175 cm³/mol. The Morgan fingerprint density at radius 2 is 1.54 bits per heavy atom. The third-order valence-corrected chi connectivity index (χ3v) is 9.83. The summed E-state index contributed by atoms with van der Waals surface area (Å²) >= 11 is 0. The number of halogens is 6. The van der Waals surface area contributed by atoms with Crippen molar-refractivity contribution in [2.24, 2.45) is 23.7 Å². The fraction of sp³-hybridized carbons (Fsp3) is 0.351. The van der Waals surface area contributed by atoms with E-state index in [1.54, 1.807) is 24.3 Å². The number of phenols is 1. The fourth-order valence-electron chi connectivity index (χ4n) is 7.58. The van der Waals surface area contributed by atoms with Crippen molar-refractivity contribution in [1.82, 2.24) is 0 Å². The summed E-state index contributed by atoms with van der Waals surface area (Å²) in [6.45, 7) is 3.81. The molecular weight excluding hydrogens is 663 g/mol. The number of carbonyl (C=O) groups is 2. The summed E-state index contributed by atoms with van der Waals surface area (Å²) in [6.07, 6.45) is -8.21. The zero-order chi connectivity index (χ0) is 36.1. The van der Waals surface area contributed by atoms with Gasteiger partial charge in [-0.3, -0.25) is 9.59 Å². The van der Waals surface area contributed by atoms with Crippen molar-refractivity contribution in [3.63, 3.8) is 0 Å². The lowest BCUT2D eigenvalue weighted by Crippen LogP contribution is -2.46. The maximum Gasteiger partial charge on any atom is 0.455 e. The number of amides is 2. The molecule has 4 atom stereocenters. The zero-order valence-electron chi connectivity index (χ0n) is 27.1. The molecule has 2 aliphatic heterocycles. The molecule has 6 nitrogen and oxygen atoms in total. The Bertz CT molecular complexity index is 1810. The van der Waals surface area contributed by atoms with Crippen molar-refractivity contribution in [2.75, 3.05) is 4.90 Å². The Labute approximate surface area is 285 Å². The van der Waals surface area contributed by atoms with Gasteiger partial charge < -0.3 is 14.8 Å². The number of anilines is 1. The SMILES string of the molecule is CC(C)C1=C2[C@@H](CC/C(=C/c3ccc(O)cc3)c3ccccc3)OB(O)C[C@@H]2[C@@H]2C(=O)N(c3cc(C(F)(F)F)cc(C(F)(F)F)c3)C(=O)[C@@H]2C1. The number of carbonyl (C=O) groups excluding carboxylic acids is 2. The molecule has 3 aromatic rings. The van der Waals surface area contributed by atoms with Crippen molar-refractivity contribution < 1.29 is 50.7 Å². The Balaban J connectivity index is 1.36. The monoisotopic (exact) mass is 697 g/mol. The molecule has 0 bridgehead atoms. The van der Waals surface area contributed by atoms with Crippen LogP contribution in [0.2, 0.25) is 6.32 Å². The number of fused-ring (bicyclic) bond motifs is 3. The normalized spacial score (nSPS) is 23.1. The van der Waals surface area contributed by atoms with Crippen molar-refractivity contribution in [3.8, 4) is 5.75 Å². The second kappa shape index (κ2) is 13.4. The molecule has 2 saturated heterocycles. The van der Waals surface area contributed by atoms with E-state index in [9.17, 15) is 46.1 Å². The number of imide groups is 1. The van der Waals surface area contributed by atoms with E-state index in [-0.39, 0.29) is 30.5 Å². The maximum absolute atomic E-state index is 14.1. The number of hydrogen-bond donors (Lipinski definition) is 2. The number of hydrogen-bond acceptors (Lipinski definition) is 5. The zero-order valence-corrected chi connectivity index (χ0v) is 27.1. The van der Waals surface area contributed by atoms with Crippen LogP contribution in [0, 0.1) is 23.7 Å². The Kier molecular flexibility index (Phi) is 9.51. The molecule has 6 rings (SSSR count). The molecule has 0 radical (unpaired) electrons. The predicted octanol–water partition coefficient (Wildman–Crippen LogP) is 8.41. The van der Waals surface area contributed by atoms with Gasteiger partial charge in [-0.15, -0.1) is 0 Å². The van der Waals surface area contributed by atoms with Gasteiger partial charge in [0.15, 0.2) is 0 Å². The van der Waals surface area contributed by atoms with Crippen LogP contribution >= 0.6 is 0 Å². The second-order valence-corrected chi connectivity index (χ2v) is 13.3. The molecule has 0 unspecified atom stereocenters. The number of benzene rings is 3. The average Bonchev–Trinajstić information content (AvgIpc) is 3.31. The number of aromatic hydroxyl groups is 1. The van der Waals surface area contributed by atoms with Gasteiger partial charge in [0, 0.05) is 0 Å². The number of alkyl halides is 6. The first-order valence-electron chi connectivity index (χ1n) is 16.3. The molecule has 50 heavy (non-hydrogen) atoms. The number of allylic oxidation sites excluding steroid dienone is 2. The van der Waals surface area contributed by atoms with Crippen LogP contribution in [0.3, 0.4) is 0 Å². The molecule has 0 saturated carbocycles. The van der Waals surface area contributed by atoms with Gasteiger partial charge in [0.1, 0.15) is 5.75 Å². The Morgan fingerprint density at radius 1 is 0.920 bits per heavy atom. The molecule has 13 heteroatoms. The molecular formula is C37H34BF6NO5. The Hall–Kier alpha value is -4.36. The van der Waals surface area contributed by atoms with E-state index in [0.29, 0.717) is 29.9 Å². The first-order chi connectivity index (χ1) is 23.5. The third-order valence-electron chi connectivity index (χ3n) is 9.83. The van der Waals surface area contributed by atoms with Gasteiger partial charge in [-0.25, -0.2) is 4.90 Å². The largest absolute Gasteiger partial charge is 0.508 e. The topological polar surface area (TPSA) is 87.1 Å². The van der Waals surface area contributed by atoms with E-state index >= 15 is 0 Å². The minimum absolute atomic E-state index is 0.0443. The second-order valence-electron chi connectivity index (χ2n) is 13.3. The van der Waals surface area contributed by atoms with Gasteiger partial charge in [-0.1, -0.05) is 68.0 Å². The number of rotatable bonds is 7. The van der Waals surface area contributed by atoms with E-state index < -0.39 is 72.0 Å².